The summed E-state index contributed by atoms with van der Waals surface area (Å²) in [5, 5.41) is 1.61. The number of sulfonamides is 1. The van der Waals surface area contributed by atoms with Crippen molar-refractivity contribution in [2.45, 2.75) is 17.9 Å². The van der Waals surface area contributed by atoms with Crippen LogP contribution in [0.15, 0.2) is 47.4 Å². The first-order valence-corrected chi connectivity index (χ1v) is 9.74. The van der Waals surface area contributed by atoms with Crippen molar-refractivity contribution in [3.8, 4) is 5.75 Å². The van der Waals surface area contributed by atoms with E-state index in [-0.39, 0.29) is 4.90 Å². The maximum absolute atomic E-state index is 12.9. The highest BCUT2D eigenvalue weighted by atomic mass is 35.5. The van der Waals surface area contributed by atoms with Gasteiger partial charge >= 0.3 is 0 Å². The number of H-pyrrole nitrogens is 1. The Morgan fingerprint density at radius 1 is 1.16 bits per heavy atom. The summed E-state index contributed by atoms with van der Waals surface area (Å²) in [6, 6.07) is 12.1. The maximum Gasteiger partial charge on any atom is 0.243 e. The number of rotatable bonds is 3. The molecule has 5 nitrogen and oxygen atoms in total. The average Bonchev–Trinajstić information content (AvgIpc) is 2.99. The van der Waals surface area contributed by atoms with Gasteiger partial charge in [0.2, 0.25) is 10.0 Å². The van der Waals surface area contributed by atoms with Crippen molar-refractivity contribution in [3.63, 3.8) is 0 Å². The van der Waals surface area contributed by atoms with Crippen LogP contribution in [-0.4, -0.2) is 31.4 Å². The third-order valence-electron chi connectivity index (χ3n) is 4.60. The molecule has 0 atom stereocenters. The lowest BCUT2D eigenvalue weighted by atomic mass is 10.0. The summed E-state index contributed by atoms with van der Waals surface area (Å²) < 4.78 is 32.5. The van der Waals surface area contributed by atoms with Gasteiger partial charge in [0, 0.05) is 28.2 Å². The molecule has 130 valence electrons. The molecule has 1 N–H and O–H groups in total. The highest BCUT2D eigenvalue weighted by molar-refractivity contribution is 7.89. The molecule has 0 fully saturated rings. The molecule has 0 saturated heterocycles. The van der Waals surface area contributed by atoms with Crippen molar-refractivity contribution in [2.24, 2.45) is 0 Å². The van der Waals surface area contributed by atoms with Crippen LogP contribution in [0, 0.1) is 0 Å². The van der Waals surface area contributed by atoms with Gasteiger partial charge in [0.1, 0.15) is 5.75 Å². The molecule has 0 saturated carbocycles. The van der Waals surface area contributed by atoms with Crippen molar-refractivity contribution in [1.29, 1.82) is 0 Å². The predicted octanol–water partition coefficient (Wildman–Crippen LogP) is 3.58. The molecule has 1 aromatic heterocycles. The second kappa shape index (κ2) is 6.05. The Balaban J connectivity index is 1.70. The Morgan fingerprint density at radius 2 is 1.92 bits per heavy atom. The van der Waals surface area contributed by atoms with Crippen molar-refractivity contribution >= 4 is 32.5 Å². The van der Waals surface area contributed by atoms with E-state index in [1.165, 1.54) is 4.31 Å². The van der Waals surface area contributed by atoms with Crippen LogP contribution < -0.4 is 4.74 Å². The van der Waals surface area contributed by atoms with Gasteiger partial charge in [0.25, 0.3) is 0 Å². The first kappa shape index (κ1) is 16.4. The number of nitrogens with one attached hydrogen (secondary N) is 1. The molecule has 0 aliphatic carbocycles. The monoisotopic (exact) mass is 376 g/mol. The third kappa shape index (κ3) is 2.80. The van der Waals surface area contributed by atoms with E-state index >= 15 is 0 Å². The molecule has 1 aliphatic heterocycles. The Bertz CT molecular complexity index is 1040. The number of nitrogens with zero attached hydrogens (tertiary/aromatic N) is 1. The topological polar surface area (TPSA) is 62.4 Å². The van der Waals surface area contributed by atoms with E-state index in [4.69, 9.17) is 16.3 Å². The molecule has 2 heterocycles. The summed E-state index contributed by atoms with van der Waals surface area (Å²) in [6.07, 6.45) is 0.662. The number of aromatic nitrogens is 1. The molecule has 2 aromatic carbocycles. The van der Waals surface area contributed by atoms with Gasteiger partial charge in [0.15, 0.2) is 0 Å². The molecule has 0 unspecified atom stereocenters. The van der Waals surface area contributed by atoms with Crippen LogP contribution in [0.25, 0.3) is 10.9 Å². The van der Waals surface area contributed by atoms with E-state index in [1.807, 2.05) is 18.2 Å². The molecule has 7 heteroatoms. The summed E-state index contributed by atoms with van der Waals surface area (Å²) in [5.41, 5.74) is 3.10. The van der Waals surface area contributed by atoms with E-state index in [9.17, 15) is 8.42 Å². The summed E-state index contributed by atoms with van der Waals surface area (Å²) >= 11 is 5.86. The summed E-state index contributed by atoms with van der Waals surface area (Å²) in [6.45, 7) is 0.777. The van der Waals surface area contributed by atoms with Crippen LogP contribution in [0.3, 0.4) is 0 Å². The van der Waals surface area contributed by atoms with Gasteiger partial charge < -0.3 is 9.72 Å². The van der Waals surface area contributed by atoms with Crippen LogP contribution in [-0.2, 0) is 23.0 Å². The zero-order valence-corrected chi connectivity index (χ0v) is 15.2. The van der Waals surface area contributed by atoms with Gasteiger partial charge in [-0.3, -0.25) is 0 Å². The Labute approximate surface area is 151 Å². The molecule has 0 bridgehead atoms. The third-order valence-corrected chi connectivity index (χ3v) is 6.71. The fourth-order valence-corrected chi connectivity index (χ4v) is 4.82. The SMILES string of the molecule is COc1ccc2[nH]c3c(c2c1)CCN(S(=O)(=O)c1ccc(Cl)cc1)C3. The standard InChI is InChI=1S/C18H17ClN2O3S/c1-24-13-4-7-17-16(10-13)15-8-9-21(11-18(15)20-17)25(22,23)14-5-2-12(19)3-6-14/h2-7,10,20H,8-9,11H2,1H3. The van der Waals surface area contributed by atoms with Gasteiger partial charge in [-0.05, 0) is 54.4 Å². The number of hydrogen-bond acceptors (Lipinski definition) is 3. The first-order valence-electron chi connectivity index (χ1n) is 7.92. The lowest BCUT2D eigenvalue weighted by Crippen LogP contribution is -2.35. The zero-order valence-electron chi connectivity index (χ0n) is 13.6. The summed E-state index contributed by atoms with van der Waals surface area (Å²) in [7, 11) is -1.90. The van der Waals surface area contributed by atoms with Crippen LogP contribution in [0.2, 0.25) is 5.02 Å². The van der Waals surface area contributed by atoms with Gasteiger partial charge in [-0.1, -0.05) is 11.6 Å². The molecular weight excluding hydrogens is 360 g/mol. The highest BCUT2D eigenvalue weighted by Crippen LogP contribution is 2.32. The Morgan fingerprint density at radius 3 is 2.64 bits per heavy atom. The Kier molecular flexibility index (Phi) is 3.98. The minimum absolute atomic E-state index is 0.262. The largest absolute Gasteiger partial charge is 0.497 e. The number of aromatic amines is 1. The van der Waals surface area contributed by atoms with Crippen LogP contribution in [0.1, 0.15) is 11.3 Å². The number of halogens is 1. The average molecular weight is 377 g/mol. The van der Waals surface area contributed by atoms with E-state index in [1.54, 1.807) is 31.4 Å². The van der Waals surface area contributed by atoms with Crippen molar-refractivity contribution < 1.29 is 13.2 Å². The van der Waals surface area contributed by atoms with Crippen molar-refractivity contribution in [2.75, 3.05) is 13.7 Å². The zero-order chi connectivity index (χ0) is 17.6. The fourth-order valence-electron chi connectivity index (χ4n) is 3.28. The lowest BCUT2D eigenvalue weighted by molar-refractivity contribution is 0.388. The minimum atomic E-state index is -3.54. The van der Waals surface area contributed by atoms with Gasteiger partial charge in [-0.15, -0.1) is 0 Å². The highest BCUT2D eigenvalue weighted by Gasteiger charge is 2.30. The smallest absolute Gasteiger partial charge is 0.243 e. The first-order chi connectivity index (χ1) is 12.0. The molecule has 3 aromatic rings. The van der Waals surface area contributed by atoms with Crippen LogP contribution in [0.4, 0.5) is 0 Å². The van der Waals surface area contributed by atoms with Crippen molar-refractivity contribution in [3.05, 3.63) is 58.7 Å². The summed E-state index contributed by atoms with van der Waals surface area (Å²) in [5.74, 6) is 0.797. The lowest BCUT2D eigenvalue weighted by Gasteiger charge is -2.26. The molecule has 0 radical (unpaired) electrons. The van der Waals surface area contributed by atoms with Gasteiger partial charge in [-0.25, -0.2) is 8.42 Å². The molecular formula is C18H17ClN2O3S. The van der Waals surface area contributed by atoms with E-state index < -0.39 is 10.0 Å². The second-order valence-electron chi connectivity index (χ2n) is 6.04. The van der Waals surface area contributed by atoms with Gasteiger partial charge in [-0.2, -0.15) is 4.31 Å². The predicted molar refractivity (Wildman–Crippen MR) is 97.6 cm³/mol. The van der Waals surface area contributed by atoms with E-state index in [0.29, 0.717) is 24.5 Å². The quantitative estimate of drug-likeness (QED) is 0.760. The fraction of sp³-hybridized carbons (Fsp3) is 0.222. The van der Waals surface area contributed by atoms with Crippen LogP contribution >= 0.6 is 11.6 Å². The normalized spacial score (nSPS) is 15.3. The molecule has 0 spiro atoms. The van der Waals surface area contributed by atoms with Gasteiger partial charge in [0.05, 0.1) is 18.6 Å². The van der Waals surface area contributed by atoms with Crippen molar-refractivity contribution in [1.82, 2.24) is 9.29 Å². The Hall–Kier alpha value is -2.02. The number of ether oxygens (including phenoxy) is 1. The molecule has 25 heavy (non-hydrogen) atoms. The number of benzene rings is 2. The van der Waals surface area contributed by atoms with E-state index in [2.05, 4.69) is 4.98 Å². The second-order valence-corrected chi connectivity index (χ2v) is 8.41. The summed E-state index contributed by atoms with van der Waals surface area (Å²) in [4.78, 5) is 3.61. The number of fused-ring (bicyclic) bond motifs is 3. The molecule has 4 rings (SSSR count). The minimum Gasteiger partial charge on any atom is -0.497 e. The molecule has 0 amide bonds. The number of hydrogen-bond donors (Lipinski definition) is 1. The number of methoxy groups -OCH3 is 1. The van der Waals surface area contributed by atoms with Crippen LogP contribution in [0.5, 0.6) is 5.75 Å². The maximum atomic E-state index is 12.9. The molecule has 1 aliphatic rings. The van der Waals surface area contributed by atoms with E-state index in [0.717, 1.165) is 27.9 Å².